The van der Waals surface area contributed by atoms with Gasteiger partial charge in [0, 0.05) is 25.2 Å². The van der Waals surface area contributed by atoms with E-state index in [9.17, 15) is 14.9 Å². The zero-order chi connectivity index (χ0) is 14.5. The van der Waals surface area contributed by atoms with Gasteiger partial charge in [0.15, 0.2) is 5.69 Å². The van der Waals surface area contributed by atoms with E-state index >= 15 is 0 Å². The molecule has 20 heavy (non-hydrogen) atoms. The van der Waals surface area contributed by atoms with Crippen molar-refractivity contribution < 1.29 is 14.8 Å². The van der Waals surface area contributed by atoms with Gasteiger partial charge in [0.2, 0.25) is 0 Å². The van der Waals surface area contributed by atoms with E-state index < -0.39 is 4.92 Å². The van der Waals surface area contributed by atoms with E-state index in [4.69, 9.17) is 5.11 Å². The lowest BCUT2D eigenvalue weighted by Crippen LogP contribution is -2.42. The van der Waals surface area contributed by atoms with Crippen LogP contribution >= 0.6 is 0 Å². The highest BCUT2D eigenvalue weighted by atomic mass is 16.6. The zero-order valence-corrected chi connectivity index (χ0v) is 11.0. The van der Waals surface area contributed by atoms with Crippen molar-refractivity contribution in [3.05, 3.63) is 27.9 Å². The number of H-pyrrole nitrogens is 1. The zero-order valence-electron chi connectivity index (χ0n) is 11.0. The summed E-state index contributed by atoms with van der Waals surface area (Å²) in [5.41, 5.74) is 0.170. The molecule has 110 valence electrons. The van der Waals surface area contributed by atoms with Crippen molar-refractivity contribution in [2.75, 3.05) is 26.2 Å². The van der Waals surface area contributed by atoms with Gasteiger partial charge in [0.05, 0.1) is 6.61 Å². The van der Waals surface area contributed by atoms with Crippen LogP contribution in [0.2, 0.25) is 0 Å². The molecule has 0 aliphatic carbocycles. The van der Waals surface area contributed by atoms with E-state index in [0.717, 1.165) is 19.4 Å². The van der Waals surface area contributed by atoms with E-state index in [1.54, 1.807) is 0 Å². The molecule has 2 heterocycles. The number of amides is 1. The number of hydrogen-bond donors (Lipinski definition) is 3. The highest BCUT2D eigenvalue weighted by molar-refractivity contribution is 5.93. The summed E-state index contributed by atoms with van der Waals surface area (Å²) >= 11 is 0. The molecule has 0 radical (unpaired) electrons. The minimum atomic E-state index is -0.578. The standard InChI is InChI=1S/C12H18N4O4/c17-7-6-15(8-9-2-1-5-13-9)12(18)10-3-4-11(14-10)16(19)20/h3-4,9,13-14,17H,1-2,5-8H2. The molecule has 1 amide bonds. The number of hydrogen-bond acceptors (Lipinski definition) is 5. The van der Waals surface area contributed by atoms with Gasteiger partial charge in [-0.15, -0.1) is 0 Å². The van der Waals surface area contributed by atoms with Crippen molar-refractivity contribution in [1.29, 1.82) is 0 Å². The fourth-order valence-corrected chi connectivity index (χ4v) is 2.36. The quantitative estimate of drug-likeness (QED) is 0.506. The van der Waals surface area contributed by atoms with Crippen LogP contribution in [0.5, 0.6) is 0 Å². The van der Waals surface area contributed by atoms with Crippen LogP contribution in [-0.2, 0) is 0 Å². The number of rotatable bonds is 6. The number of carbonyl (C=O) groups excluding carboxylic acids is 1. The summed E-state index contributed by atoms with van der Waals surface area (Å²) in [6.07, 6.45) is 2.06. The van der Waals surface area contributed by atoms with Crippen molar-refractivity contribution in [2.45, 2.75) is 18.9 Å². The number of aromatic amines is 1. The Morgan fingerprint density at radius 1 is 1.55 bits per heavy atom. The van der Waals surface area contributed by atoms with Crippen molar-refractivity contribution in [1.82, 2.24) is 15.2 Å². The first kappa shape index (κ1) is 14.5. The van der Waals surface area contributed by atoms with Gasteiger partial charge in [-0.2, -0.15) is 0 Å². The average molecular weight is 282 g/mol. The van der Waals surface area contributed by atoms with Crippen LogP contribution in [-0.4, -0.2) is 58.1 Å². The number of carbonyl (C=O) groups is 1. The molecule has 0 aromatic carbocycles. The van der Waals surface area contributed by atoms with Gasteiger partial charge in [-0.3, -0.25) is 4.79 Å². The van der Waals surface area contributed by atoms with Crippen molar-refractivity contribution in [2.24, 2.45) is 0 Å². The molecule has 1 aliphatic heterocycles. The molecule has 3 N–H and O–H groups in total. The van der Waals surface area contributed by atoms with E-state index in [-0.39, 0.29) is 36.6 Å². The largest absolute Gasteiger partial charge is 0.395 e. The van der Waals surface area contributed by atoms with E-state index in [1.165, 1.54) is 17.0 Å². The average Bonchev–Trinajstić information content (AvgIpc) is 3.08. The third-order valence-electron chi connectivity index (χ3n) is 3.36. The van der Waals surface area contributed by atoms with Crippen LogP contribution < -0.4 is 5.32 Å². The Kier molecular flexibility index (Phi) is 4.70. The highest BCUT2D eigenvalue weighted by Crippen LogP contribution is 2.14. The van der Waals surface area contributed by atoms with Gasteiger partial charge < -0.3 is 25.4 Å². The smallest absolute Gasteiger partial charge is 0.321 e. The van der Waals surface area contributed by atoms with E-state index in [2.05, 4.69) is 10.3 Å². The second-order valence-corrected chi connectivity index (χ2v) is 4.78. The Morgan fingerprint density at radius 2 is 2.35 bits per heavy atom. The topological polar surface area (TPSA) is 112 Å². The monoisotopic (exact) mass is 282 g/mol. The molecular formula is C12H18N4O4. The van der Waals surface area contributed by atoms with Gasteiger partial charge in [0.1, 0.15) is 0 Å². The first-order chi connectivity index (χ1) is 9.61. The minimum Gasteiger partial charge on any atom is -0.395 e. The molecule has 2 rings (SSSR count). The van der Waals surface area contributed by atoms with Gasteiger partial charge >= 0.3 is 5.82 Å². The van der Waals surface area contributed by atoms with Gasteiger partial charge in [0.25, 0.3) is 5.91 Å². The first-order valence-electron chi connectivity index (χ1n) is 6.58. The molecule has 1 aromatic heterocycles. The van der Waals surface area contributed by atoms with Crippen molar-refractivity contribution in [3.8, 4) is 0 Å². The van der Waals surface area contributed by atoms with Gasteiger partial charge in [-0.05, 0) is 30.4 Å². The molecule has 1 atom stereocenters. The van der Waals surface area contributed by atoms with E-state index in [1.807, 2.05) is 0 Å². The third-order valence-corrected chi connectivity index (χ3v) is 3.36. The molecule has 1 unspecified atom stereocenters. The second kappa shape index (κ2) is 6.49. The van der Waals surface area contributed by atoms with Crippen molar-refractivity contribution in [3.63, 3.8) is 0 Å². The van der Waals surface area contributed by atoms with Crippen LogP contribution in [0.1, 0.15) is 23.3 Å². The molecule has 0 saturated carbocycles. The molecule has 1 saturated heterocycles. The Hall–Kier alpha value is -1.93. The summed E-state index contributed by atoms with van der Waals surface area (Å²) in [4.78, 5) is 26.3. The van der Waals surface area contributed by atoms with Crippen molar-refractivity contribution >= 4 is 11.7 Å². The number of aromatic nitrogens is 1. The van der Waals surface area contributed by atoms with Crippen LogP contribution in [0.3, 0.4) is 0 Å². The predicted octanol–water partition coefficient (Wildman–Crippen LogP) is 0.109. The fraction of sp³-hybridized carbons (Fsp3) is 0.583. The van der Waals surface area contributed by atoms with Crippen LogP contribution in [0.25, 0.3) is 0 Å². The van der Waals surface area contributed by atoms with Gasteiger partial charge in [-0.25, -0.2) is 4.98 Å². The lowest BCUT2D eigenvalue weighted by Gasteiger charge is -2.24. The summed E-state index contributed by atoms with van der Waals surface area (Å²) in [5, 5.41) is 23.0. The molecular weight excluding hydrogens is 264 g/mol. The number of nitrogens with zero attached hydrogens (tertiary/aromatic N) is 2. The number of nitro groups is 1. The SMILES string of the molecule is O=C(c1ccc([N+](=O)[O-])[nH]1)N(CCO)CC1CCCN1. The predicted molar refractivity (Wildman–Crippen MR) is 71.5 cm³/mol. The highest BCUT2D eigenvalue weighted by Gasteiger charge is 2.25. The molecule has 8 heteroatoms. The summed E-state index contributed by atoms with van der Waals surface area (Å²) < 4.78 is 0. The normalized spacial score (nSPS) is 18.1. The molecule has 1 aliphatic rings. The molecule has 0 spiro atoms. The van der Waals surface area contributed by atoms with E-state index in [0.29, 0.717) is 6.54 Å². The second-order valence-electron chi connectivity index (χ2n) is 4.78. The molecule has 8 nitrogen and oxygen atoms in total. The Balaban J connectivity index is 2.06. The summed E-state index contributed by atoms with van der Waals surface area (Å²) in [6, 6.07) is 2.88. The summed E-state index contributed by atoms with van der Waals surface area (Å²) in [5.74, 6) is -0.544. The number of nitrogens with one attached hydrogen (secondary N) is 2. The summed E-state index contributed by atoms with van der Waals surface area (Å²) in [7, 11) is 0. The van der Waals surface area contributed by atoms with Crippen LogP contribution in [0.15, 0.2) is 12.1 Å². The molecule has 1 aromatic rings. The lowest BCUT2D eigenvalue weighted by molar-refractivity contribution is -0.389. The third kappa shape index (κ3) is 3.34. The number of aliphatic hydroxyl groups excluding tert-OH is 1. The maximum absolute atomic E-state index is 12.3. The van der Waals surface area contributed by atoms with Gasteiger partial charge in [-0.1, -0.05) is 0 Å². The Bertz CT molecular complexity index is 482. The minimum absolute atomic E-state index is 0.138. The molecule has 1 fully saturated rings. The molecule has 0 bridgehead atoms. The first-order valence-corrected chi connectivity index (χ1v) is 6.58. The fourth-order valence-electron chi connectivity index (χ4n) is 2.36. The maximum atomic E-state index is 12.3. The van der Waals surface area contributed by atoms with Crippen LogP contribution in [0, 0.1) is 10.1 Å². The maximum Gasteiger partial charge on any atom is 0.321 e. The lowest BCUT2D eigenvalue weighted by atomic mass is 10.2. The summed E-state index contributed by atoms with van der Waals surface area (Å²) in [6.45, 7) is 1.50. The number of aliphatic hydroxyl groups is 1. The Morgan fingerprint density at radius 3 is 2.90 bits per heavy atom. The van der Waals surface area contributed by atoms with Crippen LogP contribution in [0.4, 0.5) is 5.82 Å². The Labute approximate surface area is 115 Å².